The third kappa shape index (κ3) is 4.36. The standard InChI is InChI=1S/C3H6O.Cr/c1-3-4-2;/h1-2H3;/i3+1;. The first kappa shape index (κ1) is 5.36. The Balaban J connectivity index is 2.85. The van der Waals surface area contributed by atoms with Crippen LogP contribution in [0, 0.1) is 0 Å². The van der Waals surface area contributed by atoms with Crippen LogP contribution < -0.4 is 0 Å². The summed E-state index contributed by atoms with van der Waals surface area (Å²) in [7, 11) is 1.63. The number of rotatable bonds is 1. The molecule has 0 spiro atoms. The van der Waals surface area contributed by atoms with Gasteiger partial charge in [0.1, 0.15) is 0 Å². The molecule has 0 aliphatic heterocycles. The van der Waals surface area contributed by atoms with Crippen LogP contribution in [-0.2, 0) is 20.6 Å². The molecule has 0 atom stereocenters. The molecule has 30 valence electrons. The van der Waals surface area contributed by atoms with Gasteiger partial charge in [-0.15, -0.1) is 0 Å². The van der Waals surface area contributed by atoms with Crippen LogP contribution in [0.5, 0.6) is 0 Å². The van der Waals surface area contributed by atoms with Gasteiger partial charge in [-0.05, 0) is 0 Å². The van der Waals surface area contributed by atoms with Crippen molar-refractivity contribution < 1.29 is 20.6 Å². The number of methoxy groups -OCH3 is 1. The minimum atomic E-state index is 0.880. The van der Waals surface area contributed by atoms with Gasteiger partial charge in [-0.2, -0.15) is 0 Å². The molecular formula is C3H6CrO. The summed E-state index contributed by atoms with van der Waals surface area (Å²) in [5.41, 5.74) is 0. The van der Waals surface area contributed by atoms with Crippen molar-refractivity contribution in [1.29, 1.82) is 0 Å². The fraction of sp³-hybridized carbons (Fsp3) is 0.667. The molecule has 0 bridgehead atoms. The summed E-state index contributed by atoms with van der Waals surface area (Å²) < 4.78 is 5.49. The summed E-state index contributed by atoms with van der Waals surface area (Å²) in [5.74, 6) is 0. The molecule has 5 heavy (non-hydrogen) atoms. The Morgan fingerprint density at radius 1 is 1.80 bits per heavy atom. The van der Waals surface area contributed by atoms with Crippen LogP contribution >= 0.6 is 0 Å². The van der Waals surface area contributed by atoms with Gasteiger partial charge in [-0.3, -0.25) is 0 Å². The third-order valence-electron chi connectivity index (χ3n) is 0.287. The number of hydrogen-bond acceptors (Lipinski definition) is 1. The molecule has 1 nitrogen and oxygen atoms in total. The molecule has 0 saturated heterocycles. The van der Waals surface area contributed by atoms with Crippen LogP contribution in [0.1, 0.15) is 6.92 Å². The van der Waals surface area contributed by atoms with E-state index in [0.29, 0.717) is 0 Å². The van der Waals surface area contributed by atoms with Gasteiger partial charge in [-0.1, -0.05) is 0 Å². The van der Waals surface area contributed by atoms with Gasteiger partial charge in [0, 0.05) is 0 Å². The average Bonchev–Trinajstić information content (AvgIpc) is 1.38. The Morgan fingerprint density at radius 3 is 2.00 bits per heavy atom. The summed E-state index contributed by atoms with van der Waals surface area (Å²) >= 11 is 2.68. The van der Waals surface area contributed by atoms with Crippen molar-refractivity contribution in [2.24, 2.45) is 0 Å². The van der Waals surface area contributed by atoms with E-state index >= 15 is 0 Å². The predicted octanol–water partition coefficient (Wildman–Crippen LogP) is 0.329. The minimum absolute atomic E-state index is 0.880. The van der Waals surface area contributed by atoms with Gasteiger partial charge in [0.15, 0.2) is 0 Å². The SMILES string of the molecule is CO[13C](C)=[Cr]. The van der Waals surface area contributed by atoms with Gasteiger partial charge in [0.05, 0.1) is 0 Å². The Kier molecular flexibility index (Phi) is 2.78. The van der Waals surface area contributed by atoms with E-state index in [-0.39, 0.29) is 0 Å². The fourth-order valence-electron chi connectivity index (χ4n) is 0. The molecular weight excluding hydrogens is 105 g/mol. The van der Waals surface area contributed by atoms with Crippen molar-refractivity contribution in [3.63, 3.8) is 0 Å². The van der Waals surface area contributed by atoms with E-state index < -0.39 is 0 Å². The van der Waals surface area contributed by atoms with Crippen LogP contribution in [0.15, 0.2) is 0 Å². The van der Waals surface area contributed by atoms with Gasteiger partial charge >= 0.3 is 39.2 Å². The molecule has 0 saturated carbocycles. The molecule has 2 heteroatoms. The second-order valence-electron chi connectivity index (χ2n) is 0.696. The van der Waals surface area contributed by atoms with Crippen molar-refractivity contribution in [1.82, 2.24) is 0 Å². The van der Waals surface area contributed by atoms with E-state index in [1.807, 2.05) is 6.92 Å². The second kappa shape index (κ2) is 2.59. The first-order chi connectivity index (χ1) is 2.27. The Bertz CT molecular complexity index is 42.2. The zero-order valence-electron chi connectivity index (χ0n) is 3.32. The van der Waals surface area contributed by atoms with Gasteiger partial charge in [0.25, 0.3) is 0 Å². The number of hydrogen-bond donors (Lipinski definition) is 0. The molecule has 0 radical (unpaired) electrons. The summed E-state index contributed by atoms with van der Waals surface area (Å²) in [6.45, 7) is 1.86. The van der Waals surface area contributed by atoms with Crippen molar-refractivity contribution >= 4 is 4.57 Å². The van der Waals surface area contributed by atoms with E-state index in [0.717, 1.165) is 4.57 Å². The predicted molar refractivity (Wildman–Crippen MR) is 17.7 cm³/mol. The fourth-order valence-corrected chi connectivity index (χ4v) is 0. The molecule has 0 heterocycles. The Labute approximate surface area is 39.9 Å². The molecule has 0 N–H and O–H groups in total. The first-order valence-corrected chi connectivity index (χ1v) is 1.95. The zero-order chi connectivity index (χ0) is 4.28. The molecule has 0 rings (SSSR count). The summed E-state index contributed by atoms with van der Waals surface area (Å²) in [5, 5.41) is 0. The zero-order valence-corrected chi connectivity index (χ0v) is 4.59. The molecule has 0 aliphatic carbocycles. The van der Waals surface area contributed by atoms with E-state index in [1.165, 1.54) is 0 Å². The van der Waals surface area contributed by atoms with Crippen LogP contribution in [0.3, 0.4) is 0 Å². The van der Waals surface area contributed by atoms with Crippen LogP contribution in [-0.4, -0.2) is 11.7 Å². The molecule has 0 aromatic rings. The maximum atomic E-state index is 4.61. The normalized spacial score (nSPS) is 7.60. The average molecular weight is 111 g/mol. The monoisotopic (exact) mass is 111 g/mol. The van der Waals surface area contributed by atoms with Crippen molar-refractivity contribution in [3.8, 4) is 0 Å². The van der Waals surface area contributed by atoms with E-state index in [2.05, 4.69) is 20.6 Å². The maximum absolute atomic E-state index is 4.61. The quantitative estimate of drug-likeness (QED) is 0.443. The van der Waals surface area contributed by atoms with Crippen molar-refractivity contribution in [2.75, 3.05) is 7.11 Å². The van der Waals surface area contributed by atoms with E-state index in [1.54, 1.807) is 7.11 Å². The third-order valence-corrected chi connectivity index (χ3v) is 0.548. The van der Waals surface area contributed by atoms with Gasteiger partial charge < -0.3 is 0 Å². The van der Waals surface area contributed by atoms with Crippen LogP contribution in [0.25, 0.3) is 0 Å². The summed E-state index contributed by atoms with van der Waals surface area (Å²) in [6.07, 6.45) is 0. The van der Waals surface area contributed by atoms with E-state index in [9.17, 15) is 0 Å². The van der Waals surface area contributed by atoms with Crippen molar-refractivity contribution in [2.45, 2.75) is 6.92 Å². The summed E-state index contributed by atoms with van der Waals surface area (Å²) in [6, 6.07) is 0. The first-order valence-electron chi connectivity index (χ1n) is 1.32. The Hall–Kier alpha value is 0.362. The summed E-state index contributed by atoms with van der Waals surface area (Å²) in [4.78, 5) is 0. The molecule has 0 aliphatic rings. The van der Waals surface area contributed by atoms with Crippen molar-refractivity contribution in [3.05, 3.63) is 0 Å². The van der Waals surface area contributed by atoms with Gasteiger partial charge in [0.2, 0.25) is 0 Å². The topological polar surface area (TPSA) is 9.23 Å². The number of ether oxygens (including phenoxy) is 1. The van der Waals surface area contributed by atoms with E-state index in [4.69, 9.17) is 0 Å². The molecule has 0 aromatic carbocycles. The second-order valence-corrected chi connectivity index (χ2v) is 1.59. The molecule has 0 unspecified atom stereocenters. The van der Waals surface area contributed by atoms with Crippen LogP contribution in [0.2, 0.25) is 0 Å². The molecule has 0 fully saturated rings. The molecule has 0 aromatic heterocycles. The van der Waals surface area contributed by atoms with Gasteiger partial charge in [-0.25, -0.2) is 0 Å². The Morgan fingerprint density at radius 2 is 2.00 bits per heavy atom. The van der Waals surface area contributed by atoms with Crippen LogP contribution in [0.4, 0.5) is 0 Å². The molecule has 0 amide bonds.